The Bertz CT molecular complexity index is 334. The van der Waals surface area contributed by atoms with Crippen LogP contribution < -0.4 is 5.32 Å². The molecule has 0 aliphatic heterocycles. The lowest BCUT2D eigenvalue weighted by Crippen LogP contribution is -2.14. The first-order chi connectivity index (χ1) is 9.54. The first-order valence-corrected chi connectivity index (χ1v) is 8.30. The summed E-state index contributed by atoms with van der Waals surface area (Å²) in [5.74, 6) is 0. The summed E-state index contributed by atoms with van der Waals surface area (Å²) in [7, 11) is -0.862. The molecule has 0 radical (unpaired) electrons. The lowest BCUT2D eigenvalue weighted by atomic mass is 10.1. The maximum absolute atomic E-state index is 12.7. The maximum atomic E-state index is 12.7. The van der Waals surface area contributed by atoms with Crippen LogP contribution in [-0.4, -0.2) is 38.7 Å². The zero-order valence-corrected chi connectivity index (χ0v) is 13.2. The van der Waals surface area contributed by atoms with Crippen molar-refractivity contribution in [2.45, 2.75) is 63.0 Å². The zero-order chi connectivity index (χ0) is 16.9. The van der Waals surface area contributed by atoms with Gasteiger partial charge < -0.3 is 5.32 Å². The Balaban J connectivity index is 0. The lowest BCUT2D eigenvalue weighted by molar-refractivity contribution is -0.135. The molecular weight excluding hydrogens is 314 g/mol. The molecule has 0 spiro atoms. The Morgan fingerprint density at radius 3 is 1.76 bits per heavy atom. The Morgan fingerprint density at radius 1 is 1.00 bits per heavy atom. The minimum absolute atomic E-state index is 0.0836. The van der Waals surface area contributed by atoms with E-state index < -0.39 is 28.2 Å². The highest BCUT2D eigenvalue weighted by molar-refractivity contribution is 7.86. The van der Waals surface area contributed by atoms with E-state index in [1.165, 1.54) is 0 Å². The van der Waals surface area contributed by atoms with Crippen molar-refractivity contribution in [1.29, 1.82) is 0 Å². The van der Waals surface area contributed by atoms with Crippen LogP contribution in [0.4, 0.5) is 17.6 Å². The molecule has 0 aromatic rings. The van der Waals surface area contributed by atoms with Gasteiger partial charge in [0.1, 0.15) is 0 Å². The molecule has 0 fully saturated rings. The molecule has 0 heterocycles. The largest absolute Gasteiger partial charge is 0.389 e. The summed E-state index contributed by atoms with van der Waals surface area (Å²) < 4.78 is 76.9. The van der Waals surface area contributed by atoms with Crippen LogP contribution in [-0.2, 0) is 10.1 Å². The summed E-state index contributed by atoms with van der Waals surface area (Å²) in [5, 5.41) is 2.75. The summed E-state index contributed by atoms with van der Waals surface area (Å²) in [4.78, 5) is 0. The van der Waals surface area contributed by atoms with E-state index in [9.17, 15) is 26.0 Å². The topological polar surface area (TPSA) is 66.4 Å². The van der Waals surface area contributed by atoms with Crippen molar-refractivity contribution in [3.63, 3.8) is 0 Å². The van der Waals surface area contributed by atoms with Gasteiger partial charge in [0.25, 0.3) is 10.1 Å². The van der Waals surface area contributed by atoms with Gasteiger partial charge in [-0.25, -0.2) is 4.39 Å². The third-order valence-corrected chi connectivity index (χ3v) is 3.35. The van der Waals surface area contributed by atoms with E-state index in [0.29, 0.717) is 32.1 Å². The van der Waals surface area contributed by atoms with Crippen molar-refractivity contribution < 1.29 is 30.5 Å². The van der Waals surface area contributed by atoms with Crippen molar-refractivity contribution in [3.8, 4) is 0 Å². The highest BCUT2D eigenvalue weighted by Gasteiger charge is 2.25. The van der Waals surface area contributed by atoms with E-state index in [1.54, 1.807) is 0 Å². The van der Waals surface area contributed by atoms with Crippen LogP contribution in [0.15, 0.2) is 0 Å². The van der Waals surface area contributed by atoms with Gasteiger partial charge in [-0.3, -0.25) is 4.55 Å². The van der Waals surface area contributed by atoms with Gasteiger partial charge in [-0.1, -0.05) is 25.7 Å². The molecule has 1 atom stereocenters. The molecule has 130 valence electrons. The second-order valence-corrected chi connectivity index (χ2v) is 6.24. The second-order valence-electron chi connectivity index (χ2n) is 4.70. The molecule has 2 N–H and O–H groups in total. The Labute approximate surface area is 124 Å². The molecule has 4 nitrogen and oxygen atoms in total. The number of hydrogen-bond donors (Lipinski definition) is 2. The smallest absolute Gasteiger partial charge is 0.323 e. The first-order valence-electron chi connectivity index (χ1n) is 6.80. The van der Waals surface area contributed by atoms with Crippen molar-refractivity contribution in [1.82, 2.24) is 5.32 Å². The quantitative estimate of drug-likeness (QED) is 0.382. The zero-order valence-electron chi connectivity index (χ0n) is 12.4. The van der Waals surface area contributed by atoms with Crippen LogP contribution in [0.1, 0.15) is 51.4 Å². The van der Waals surface area contributed by atoms with Crippen LogP contribution in [0.5, 0.6) is 0 Å². The summed E-state index contributed by atoms with van der Waals surface area (Å²) in [5.41, 5.74) is -2.26. The SMILES string of the molecule is CNC.O=S(=O)(O)C(F)CCCCCCCCC(F)(F)F. The van der Waals surface area contributed by atoms with Gasteiger partial charge in [-0.2, -0.15) is 21.6 Å². The van der Waals surface area contributed by atoms with Crippen molar-refractivity contribution in [2.24, 2.45) is 0 Å². The van der Waals surface area contributed by atoms with E-state index in [2.05, 4.69) is 5.32 Å². The van der Waals surface area contributed by atoms with E-state index >= 15 is 0 Å². The summed E-state index contributed by atoms with van der Waals surface area (Å²) in [6, 6.07) is 0. The summed E-state index contributed by atoms with van der Waals surface area (Å²) in [6.45, 7) is 0. The highest BCUT2D eigenvalue weighted by atomic mass is 32.2. The molecule has 0 saturated carbocycles. The standard InChI is InChI=1S/C10H18F4O3S.C2H7N/c11-9(18(15,16)17)7-5-3-1-2-4-6-8-10(12,13)14;1-3-2/h9H,1-8H2,(H,15,16,17);3H,1-2H3. The molecule has 0 aliphatic carbocycles. The van der Waals surface area contributed by atoms with Gasteiger partial charge >= 0.3 is 6.18 Å². The number of hydrogen-bond acceptors (Lipinski definition) is 3. The van der Waals surface area contributed by atoms with Gasteiger partial charge in [0, 0.05) is 6.42 Å². The minimum Gasteiger partial charge on any atom is -0.323 e. The normalized spacial score (nSPS) is 13.5. The number of unbranched alkanes of at least 4 members (excludes halogenated alkanes) is 5. The highest BCUT2D eigenvalue weighted by Crippen LogP contribution is 2.23. The lowest BCUT2D eigenvalue weighted by Gasteiger charge is -2.06. The van der Waals surface area contributed by atoms with Crippen LogP contribution in [0.2, 0.25) is 0 Å². The fourth-order valence-electron chi connectivity index (χ4n) is 1.49. The van der Waals surface area contributed by atoms with Crippen LogP contribution >= 0.6 is 0 Å². The third-order valence-electron chi connectivity index (χ3n) is 2.46. The molecule has 1 unspecified atom stereocenters. The van der Waals surface area contributed by atoms with Crippen molar-refractivity contribution in [2.75, 3.05) is 14.1 Å². The van der Waals surface area contributed by atoms with Crippen LogP contribution in [0, 0.1) is 0 Å². The van der Waals surface area contributed by atoms with Gasteiger partial charge in [0.15, 0.2) is 0 Å². The molecule has 0 bridgehead atoms. The van der Waals surface area contributed by atoms with Gasteiger partial charge in [-0.15, -0.1) is 0 Å². The molecule has 0 rings (SSSR count). The van der Waals surface area contributed by atoms with Crippen LogP contribution in [0.3, 0.4) is 0 Å². The Kier molecular flexibility index (Phi) is 13.2. The number of nitrogens with one attached hydrogen (secondary N) is 1. The fourth-order valence-corrected chi connectivity index (χ4v) is 1.95. The van der Waals surface area contributed by atoms with E-state index in [-0.39, 0.29) is 12.8 Å². The first kappa shape index (κ1) is 22.9. The maximum Gasteiger partial charge on any atom is 0.389 e. The Morgan fingerprint density at radius 2 is 1.38 bits per heavy atom. The van der Waals surface area contributed by atoms with E-state index in [0.717, 1.165) is 0 Å². The summed E-state index contributed by atoms with van der Waals surface area (Å²) >= 11 is 0. The molecule has 0 aliphatic rings. The number of rotatable bonds is 9. The van der Waals surface area contributed by atoms with Crippen molar-refractivity contribution in [3.05, 3.63) is 0 Å². The van der Waals surface area contributed by atoms with E-state index in [4.69, 9.17) is 4.55 Å². The second kappa shape index (κ2) is 12.2. The molecule has 0 aromatic carbocycles. The van der Waals surface area contributed by atoms with Gasteiger partial charge in [0.05, 0.1) is 0 Å². The molecule has 0 amide bonds. The van der Waals surface area contributed by atoms with Crippen molar-refractivity contribution >= 4 is 10.1 Å². The molecule has 0 aromatic heterocycles. The van der Waals surface area contributed by atoms with Gasteiger partial charge in [0.2, 0.25) is 5.50 Å². The fraction of sp³-hybridized carbons (Fsp3) is 1.00. The average Bonchev–Trinajstić information content (AvgIpc) is 2.30. The monoisotopic (exact) mass is 339 g/mol. The van der Waals surface area contributed by atoms with Gasteiger partial charge in [-0.05, 0) is 33.4 Å². The predicted octanol–water partition coefficient (Wildman–Crippen LogP) is 3.69. The van der Waals surface area contributed by atoms with E-state index in [1.807, 2.05) is 14.1 Å². The van der Waals surface area contributed by atoms with Crippen LogP contribution in [0.25, 0.3) is 0 Å². The number of halogens is 4. The molecule has 0 saturated heterocycles. The number of alkyl halides is 4. The molecular formula is C12H25F4NO3S. The third kappa shape index (κ3) is 19.6. The average molecular weight is 339 g/mol. The molecule has 9 heteroatoms. The Hall–Kier alpha value is -0.410. The minimum atomic E-state index is -4.61. The predicted molar refractivity (Wildman–Crippen MR) is 74.4 cm³/mol. The summed E-state index contributed by atoms with van der Waals surface area (Å²) in [6.07, 6.45) is -2.56. The molecule has 21 heavy (non-hydrogen) atoms.